The van der Waals surface area contributed by atoms with Gasteiger partial charge >= 0.3 is 0 Å². The molecule has 0 spiro atoms. The van der Waals surface area contributed by atoms with Crippen LogP contribution in [0.1, 0.15) is 12.0 Å². The van der Waals surface area contributed by atoms with Crippen molar-refractivity contribution in [2.45, 2.75) is 19.9 Å². The van der Waals surface area contributed by atoms with Gasteiger partial charge in [0.2, 0.25) is 5.91 Å². The first-order chi connectivity index (χ1) is 14.0. The first-order valence-electron chi connectivity index (χ1n) is 10.2. The number of nitrogens with one attached hydrogen (secondary N) is 1. The van der Waals surface area contributed by atoms with E-state index in [1.807, 2.05) is 60.4 Å². The van der Waals surface area contributed by atoms with E-state index in [1.165, 1.54) is 15.1 Å². The van der Waals surface area contributed by atoms with Crippen LogP contribution in [-0.2, 0) is 11.3 Å². The number of benzene rings is 2. The number of carbonyl (C=O) groups excluding carboxylic acids is 1. The highest BCUT2D eigenvalue weighted by Crippen LogP contribution is 2.24. The Hall–Kier alpha value is -2.99. The summed E-state index contributed by atoms with van der Waals surface area (Å²) in [6.45, 7) is 5.83. The first-order valence-corrected chi connectivity index (χ1v) is 10.2. The van der Waals surface area contributed by atoms with E-state index in [9.17, 15) is 9.59 Å². The largest absolute Gasteiger partial charge is 0.334 e. The number of aromatic nitrogens is 2. The molecule has 1 aliphatic rings. The van der Waals surface area contributed by atoms with Gasteiger partial charge in [0.15, 0.2) is 0 Å². The molecule has 0 radical (unpaired) electrons. The van der Waals surface area contributed by atoms with Crippen LogP contribution in [0.25, 0.3) is 22.0 Å². The molecule has 6 heteroatoms. The van der Waals surface area contributed by atoms with E-state index >= 15 is 0 Å². The molecule has 6 nitrogen and oxygen atoms in total. The molecule has 0 aliphatic carbocycles. The zero-order valence-corrected chi connectivity index (χ0v) is 17.0. The Morgan fingerprint density at radius 3 is 2.38 bits per heavy atom. The number of amides is 1. The third-order valence-corrected chi connectivity index (χ3v) is 5.70. The van der Waals surface area contributed by atoms with Crippen molar-refractivity contribution in [1.82, 2.24) is 14.7 Å². The number of likely N-dealkylation sites (N-methyl/N-ethyl adjacent to an activating group) is 1. The quantitative estimate of drug-likeness (QED) is 0.725. The summed E-state index contributed by atoms with van der Waals surface area (Å²) in [4.78, 5) is 28.9. The summed E-state index contributed by atoms with van der Waals surface area (Å²) in [6.07, 6.45) is 0.289. The van der Waals surface area contributed by atoms with Crippen molar-refractivity contribution in [3.05, 3.63) is 64.4 Å². The van der Waals surface area contributed by atoms with Crippen LogP contribution in [0.4, 0.5) is 0 Å². The zero-order chi connectivity index (χ0) is 20.4. The minimum atomic E-state index is -0.146. The highest BCUT2D eigenvalue weighted by Gasteiger charge is 2.21. The van der Waals surface area contributed by atoms with Gasteiger partial charge in [-0.1, -0.05) is 48.0 Å². The summed E-state index contributed by atoms with van der Waals surface area (Å²) in [7, 11) is 2.15. The van der Waals surface area contributed by atoms with E-state index in [0.29, 0.717) is 11.9 Å². The van der Waals surface area contributed by atoms with Gasteiger partial charge in [-0.3, -0.25) is 9.59 Å². The molecule has 2 aromatic carbocycles. The fourth-order valence-electron chi connectivity index (χ4n) is 3.81. The summed E-state index contributed by atoms with van der Waals surface area (Å²) in [5.41, 5.74) is 2.77. The summed E-state index contributed by atoms with van der Waals surface area (Å²) >= 11 is 0. The van der Waals surface area contributed by atoms with E-state index in [0.717, 1.165) is 42.8 Å². The summed E-state index contributed by atoms with van der Waals surface area (Å²) < 4.78 is 1.46. The van der Waals surface area contributed by atoms with Crippen LogP contribution in [0.15, 0.2) is 53.3 Å². The predicted octanol–water partition coefficient (Wildman–Crippen LogP) is 1.12. The minimum absolute atomic E-state index is 0.0937. The number of hydrogen-bond donors (Lipinski definition) is 1. The van der Waals surface area contributed by atoms with Crippen LogP contribution >= 0.6 is 0 Å². The summed E-state index contributed by atoms with van der Waals surface area (Å²) in [6, 6.07) is 15.7. The Morgan fingerprint density at radius 2 is 1.69 bits per heavy atom. The maximum Gasteiger partial charge on any atom is 0.274 e. The Labute approximate surface area is 170 Å². The molecule has 29 heavy (non-hydrogen) atoms. The van der Waals surface area contributed by atoms with Crippen LogP contribution in [0, 0.1) is 6.92 Å². The minimum Gasteiger partial charge on any atom is -0.334 e. The van der Waals surface area contributed by atoms with Gasteiger partial charge in [-0.05, 0) is 13.0 Å². The molecule has 150 valence electrons. The standard InChI is InChI=1S/C23H26N4O2/c1-17-7-9-18(10-8-17)22-19-5-3-4-6-20(19)23(29)27(24-22)12-11-21(28)26-15-13-25(2)14-16-26/h3-10H,11-16H2,1-2H3/p+1. The van der Waals surface area contributed by atoms with Crippen LogP contribution < -0.4 is 10.5 Å². The Bertz CT molecular complexity index is 1080. The maximum absolute atomic E-state index is 13.0. The van der Waals surface area contributed by atoms with Gasteiger partial charge in [0.25, 0.3) is 5.56 Å². The number of hydrogen-bond acceptors (Lipinski definition) is 3. The molecule has 1 N–H and O–H groups in total. The number of rotatable bonds is 4. The molecule has 3 aromatic rings. The SMILES string of the molecule is Cc1ccc(-c2nn(CCC(=O)N3CC[NH+](C)CC3)c(=O)c3ccccc23)cc1. The third-order valence-electron chi connectivity index (χ3n) is 5.70. The monoisotopic (exact) mass is 391 g/mol. The molecular weight excluding hydrogens is 364 g/mol. The second-order valence-electron chi connectivity index (χ2n) is 7.88. The van der Waals surface area contributed by atoms with Crippen molar-refractivity contribution in [1.29, 1.82) is 0 Å². The molecule has 0 bridgehead atoms. The highest BCUT2D eigenvalue weighted by atomic mass is 16.2. The van der Waals surface area contributed by atoms with Crippen molar-refractivity contribution < 1.29 is 9.69 Å². The molecule has 1 aromatic heterocycles. The van der Waals surface area contributed by atoms with E-state index in [-0.39, 0.29) is 17.9 Å². The molecule has 1 amide bonds. The lowest BCUT2D eigenvalue weighted by Gasteiger charge is -2.30. The molecule has 2 heterocycles. The van der Waals surface area contributed by atoms with E-state index < -0.39 is 0 Å². The smallest absolute Gasteiger partial charge is 0.274 e. The average molecular weight is 391 g/mol. The molecule has 0 saturated carbocycles. The zero-order valence-electron chi connectivity index (χ0n) is 17.0. The van der Waals surface area contributed by atoms with Gasteiger partial charge in [-0.15, -0.1) is 0 Å². The molecule has 4 rings (SSSR count). The lowest BCUT2D eigenvalue weighted by Crippen LogP contribution is -3.12. The fraction of sp³-hybridized carbons (Fsp3) is 0.348. The van der Waals surface area contributed by atoms with E-state index in [1.54, 1.807) is 0 Å². The second kappa shape index (κ2) is 8.17. The number of piperazine rings is 1. The molecule has 1 aliphatic heterocycles. The van der Waals surface area contributed by atoms with Crippen molar-refractivity contribution >= 4 is 16.7 Å². The summed E-state index contributed by atoms with van der Waals surface area (Å²) in [5, 5.41) is 6.13. The van der Waals surface area contributed by atoms with Gasteiger partial charge < -0.3 is 9.80 Å². The van der Waals surface area contributed by atoms with Gasteiger partial charge in [-0.2, -0.15) is 5.10 Å². The Balaban J connectivity index is 1.64. The van der Waals surface area contributed by atoms with Crippen LogP contribution in [-0.4, -0.2) is 53.8 Å². The predicted molar refractivity (Wildman–Crippen MR) is 114 cm³/mol. The third kappa shape index (κ3) is 4.07. The van der Waals surface area contributed by atoms with Gasteiger partial charge in [-0.25, -0.2) is 4.68 Å². The van der Waals surface area contributed by atoms with Crippen molar-refractivity contribution in [2.24, 2.45) is 0 Å². The Morgan fingerprint density at radius 1 is 1.03 bits per heavy atom. The van der Waals surface area contributed by atoms with Crippen molar-refractivity contribution in [3.8, 4) is 11.3 Å². The molecule has 1 fully saturated rings. The normalized spacial score (nSPS) is 15.0. The maximum atomic E-state index is 13.0. The van der Waals surface area contributed by atoms with Gasteiger partial charge in [0.05, 0.1) is 50.9 Å². The molecular formula is C23H27N4O2+. The van der Waals surface area contributed by atoms with Crippen molar-refractivity contribution in [3.63, 3.8) is 0 Å². The van der Waals surface area contributed by atoms with Crippen LogP contribution in [0.5, 0.6) is 0 Å². The Kier molecular flexibility index (Phi) is 5.45. The van der Waals surface area contributed by atoms with E-state index in [4.69, 9.17) is 0 Å². The van der Waals surface area contributed by atoms with Crippen LogP contribution in [0.2, 0.25) is 0 Å². The number of fused-ring (bicyclic) bond motifs is 1. The summed E-state index contributed by atoms with van der Waals surface area (Å²) in [5.74, 6) is 0.0937. The second-order valence-corrected chi connectivity index (χ2v) is 7.88. The molecule has 0 atom stereocenters. The highest BCUT2D eigenvalue weighted by molar-refractivity contribution is 5.93. The topological polar surface area (TPSA) is 59.6 Å². The van der Waals surface area contributed by atoms with Crippen LogP contribution in [0.3, 0.4) is 0 Å². The lowest BCUT2D eigenvalue weighted by molar-refractivity contribution is -0.883. The first kappa shape index (κ1) is 19.3. The lowest BCUT2D eigenvalue weighted by atomic mass is 10.0. The van der Waals surface area contributed by atoms with E-state index in [2.05, 4.69) is 12.1 Å². The number of carbonyl (C=O) groups is 1. The van der Waals surface area contributed by atoms with Gasteiger partial charge in [0, 0.05) is 17.4 Å². The average Bonchev–Trinajstić information content (AvgIpc) is 2.74. The molecule has 1 saturated heterocycles. The number of aryl methyl sites for hydroxylation is 2. The van der Waals surface area contributed by atoms with Gasteiger partial charge in [0.1, 0.15) is 0 Å². The fourth-order valence-corrected chi connectivity index (χ4v) is 3.81. The number of nitrogens with zero attached hydrogens (tertiary/aromatic N) is 3. The van der Waals surface area contributed by atoms with Crippen molar-refractivity contribution in [2.75, 3.05) is 33.2 Å². The molecule has 0 unspecified atom stereocenters. The number of quaternary nitrogens is 1.